The number of carboxylic acids is 1. The van der Waals surface area contributed by atoms with Gasteiger partial charge in [-0.15, -0.1) is 0 Å². The first-order valence-electron chi connectivity index (χ1n) is 8.22. The Labute approximate surface area is 150 Å². The molecule has 1 aromatic carbocycles. The molecule has 1 unspecified atom stereocenters. The standard InChI is InChI=1S/C18H24N2O6/c1-5-26-14(22)9-17(2,3)20-18(4,25)11-6-7-13(21)15-10(11)8-12(19-15)16(23)24/h6-8,19-21,25H,5,9H2,1-4H3,(H,23,24). The fourth-order valence-corrected chi connectivity index (χ4v) is 3.09. The Morgan fingerprint density at radius 3 is 2.50 bits per heavy atom. The van der Waals surface area contributed by atoms with Crippen LogP contribution < -0.4 is 5.32 Å². The zero-order valence-corrected chi connectivity index (χ0v) is 15.2. The highest BCUT2D eigenvalue weighted by Crippen LogP contribution is 2.34. The predicted octanol–water partition coefficient (Wildman–Crippen LogP) is 2.06. The van der Waals surface area contributed by atoms with Gasteiger partial charge in [-0.05, 0) is 39.8 Å². The molecular formula is C18H24N2O6. The predicted molar refractivity (Wildman–Crippen MR) is 95.0 cm³/mol. The molecule has 1 atom stereocenters. The van der Waals surface area contributed by atoms with Crippen molar-refractivity contribution in [2.75, 3.05) is 6.61 Å². The third kappa shape index (κ3) is 4.14. The molecule has 0 amide bonds. The fraction of sp³-hybridized carbons (Fsp3) is 0.444. The van der Waals surface area contributed by atoms with E-state index in [0.717, 1.165) is 0 Å². The minimum atomic E-state index is -1.60. The molecule has 0 aliphatic carbocycles. The average molecular weight is 364 g/mol. The zero-order valence-electron chi connectivity index (χ0n) is 15.2. The molecule has 2 aromatic rings. The summed E-state index contributed by atoms with van der Waals surface area (Å²) in [5.41, 5.74) is -1.92. The van der Waals surface area contributed by atoms with Crippen molar-refractivity contribution in [3.05, 3.63) is 29.5 Å². The SMILES string of the molecule is CCOC(=O)CC(C)(C)NC(C)(O)c1ccc(O)c2[nH]c(C(=O)O)cc12. The second kappa shape index (κ2) is 6.97. The number of phenolic OH excluding ortho intramolecular Hbond substituents is 1. The van der Waals surface area contributed by atoms with Gasteiger partial charge in [-0.3, -0.25) is 10.1 Å². The Morgan fingerprint density at radius 1 is 1.27 bits per heavy atom. The second-order valence-electron chi connectivity index (χ2n) is 6.97. The van der Waals surface area contributed by atoms with E-state index in [2.05, 4.69) is 10.3 Å². The van der Waals surface area contributed by atoms with E-state index in [1.807, 2.05) is 0 Å². The van der Waals surface area contributed by atoms with Crippen LogP contribution in [-0.4, -0.2) is 44.4 Å². The van der Waals surface area contributed by atoms with E-state index in [1.165, 1.54) is 25.1 Å². The summed E-state index contributed by atoms with van der Waals surface area (Å²) < 4.78 is 4.95. The van der Waals surface area contributed by atoms with Gasteiger partial charge in [-0.25, -0.2) is 4.79 Å². The molecule has 142 valence electrons. The largest absolute Gasteiger partial charge is 0.506 e. The number of aromatic amines is 1. The molecule has 2 rings (SSSR count). The van der Waals surface area contributed by atoms with Gasteiger partial charge in [0.1, 0.15) is 17.2 Å². The molecule has 0 radical (unpaired) electrons. The number of carbonyl (C=O) groups excluding carboxylic acids is 1. The molecular weight excluding hydrogens is 340 g/mol. The van der Waals surface area contributed by atoms with Gasteiger partial charge in [-0.2, -0.15) is 0 Å². The van der Waals surface area contributed by atoms with Crippen molar-refractivity contribution in [3.63, 3.8) is 0 Å². The van der Waals surface area contributed by atoms with Crippen LogP contribution in [0.25, 0.3) is 10.9 Å². The van der Waals surface area contributed by atoms with Crippen LogP contribution in [0.5, 0.6) is 5.75 Å². The Kier molecular flexibility index (Phi) is 5.29. The molecule has 0 aliphatic rings. The molecule has 0 bridgehead atoms. The smallest absolute Gasteiger partial charge is 0.352 e. The number of benzene rings is 1. The number of fused-ring (bicyclic) bond motifs is 1. The number of hydrogen-bond acceptors (Lipinski definition) is 6. The maximum atomic E-state index is 11.8. The fourth-order valence-electron chi connectivity index (χ4n) is 3.09. The highest BCUT2D eigenvalue weighted by atomic mass is 16.5. The summed E-state index contributed by atoms with van der Waals surface area (Å²) in [6.45, 7) is 6.98. The van der Waals surface area contributed by atoms with Crippen molar-refractivity contribution in [2.45, 2.75) is 45.4 Å². The van der Waals surface area contributed by atoms with Crippen LogP contribution in [0.2, 0.25) is 0 Å². The number of nitrogens with one attached hydrogen (secondary N) is 2. The van der Waals surface area contributed by atoms with E-state index in [-0.39, 0.29) is 30.0 Å². The number of hydrogen-bond donors (Lipinski definition) is 5. The normalized spacial score (nSPS) is 14.2. The van der Waals surface area contributed by atoms with Crippen molar-refractivity contribution in [1.29, 1.82) is 0 Å². The van der Waals surface area contributed by atoms with E-state index in [0.29, 0.717) is 10.9 Å². The number of aromatic carboxylic acids is 1. The first-order valence-corrected chi connectivity index (χ1v) is 8.22. The Morgan fingerprint density at radius 2 is 1.92 bits per heavy atom. The van der Waals surface area contributed by atoms with Gasteiger partial charge in [0.05, 0.1) is 18.5 Å². The van der Waals surface area contributed by atoms with Crippen LogP contribution in [0.15, 0.2) is 18.2 Å². The third-order valence-corrected chi connectivity index (χ3v) is 4.00. The highest BCUT2D eigenvalue weighted by molar-refractivity contribution is 5.97. The van der Waals surface area contributed by atoms with Gasteiger partial charge < -0.3 is 25.0 Å². The van der Waals surface area contributed by atoms with E-state index in [9.17, 15) is 19.8 Å². The molecule has 1 aromatic heterocycles. The summed E-state index contributed by atoms with van der Waals surface area (Å²) in [5, 5.41) is 33.5. The number of carboxylic acid groups (broad SMARTS) is 1. The molecule has 5 N–H and O–H groups in total. The van der Waals surface area contributed by atoms with Crippen LogP contribution in [0.1, 0.15) is 50.2 Å². The lowest BCUT2D eigenvalue weighted by Crippen LogP contribution is -2.52. The van der Waals surface area contributed by atoms with Crippen LogP contribution in [0.4, 0.5) is 0 Å². The lowest BCUT2D eigenvalue weighted by Gasteiger charge is -2.36. The summed E-state index contributed by atoms with van der Waals surface area (Å²) in [6, 6.07) is 4.22. The molecule has 0 aliphatic heterocycles. The van der Waals surface area contributed by atoms with E-state index >= 15 is 0 Å². The Hall–Kier alpha value is -2.58. The summed E-state index contributed by atoms with van der Waals surface area (Å²) in [4.78, 5) is 25.6. The van der Waals surface area contributed by atoms with Crippen molar-refractivity contribution >= 4 is 22.8 Å². The number of aromatic nitrogens is 1. The number of aromatic hydroxyl groups is 1. The van der Waals surface area contributed by atoms with Gasteiger partial charge in [-0.1, -0.05) is 6.07 Å². The lowest BCUT2D eigenvalue weighted by atomic mass is 9.93. The molecule has 8 nitrogen and oxygen atoms in total. The number of esters is 1. The number of aliphatic hydroxyl groups is 1. The topological polar surface area (TPSA) is 132 Å². The number of rotatable bonds is 7. The second-order valence-corrected chi connectivity index (χ2v) is 6.97. The van der Waals surface area contributed by atoms with Gasteiger partial charge in [0.25, 0.3) is 0 Å². The summed E-state index contributed by atoms with van der Waals surface area (Å²) in [7, 11) is 0. The lowest BCUT2D eigenvalue weighted by molar-refractivity contribution is -0.145. The molecule has 0 saturated heterocycles. The van der Waals surface area contributed by atoms with Crippen LogP contribution in [0, 0.1) is 0 Å². The van der Waals surface area contributed by atoms with Crippen LogP contribution >= 0.6 is 0 Å². The minimum absolute atomic E-state index is 0.0335. The molecule has 0 saturated carbocycles. The van der Waals surface area contributed by atoms with E-state index in [1.54, 1.807) is 20.8 Å². The minimum Gasteiger partial charge on any atom is -0.506 e. The maximum absolute atomic E-state index is 11.8. The highest BCUT2D eigenvalue weighted by Gasteiger charge is 2.34. The summed E-state index contributed by atoms with van der Waals surface area (Å²) in [6.07, 6.45) is 0.0335. The van der Waals surface area contributed by atoms with E-state index in [4.69, 9.17) is 9.84 Å². The quantitative estimate of drug-likeness (QED) is 0.375. The first-order chi connectivity index (χ1) is 12.0. The molecule has 26 heavy (non-hydrogen) atoms. The molecule has 0 fully saturated rings. The van der Waals surface area contributed by atoms with Crippen molar-refractivity contribution in [3.8, 4) is 5.75 Å². The first kappa shape index (κ1) is 19.7. The van der Waals surface area contributed by atoms with Gasteiger partial charge in [0.15, 0.2) is 0 Å². The Bertz CT molecular complexity index is 838. The number of ether oxygens (including phenoxy) is 1. The van der Waals surface area contributed by atoms with Gasteiger partial charge in [0, 0.05) is 16.5 Å². The van der Waals surface area contributed by atoms with Crippen LogP contribution in [0.3, 0.4) is 0 Å². The van der Waals surface area contributed by atoms with Crippen molar-refractivity contribution in [2.24, 2.45) is 0 Å². The number of carbonyl (C=O) groups is 2. The van der Waals surface area contributed by atoms with E-state index < -0.39 is 23.2 Å². The van der Waals surface area contributed by atoms with Gasteiger partial charge in [0.2, 0.25) is 0 Å². The average Bonchev–Trinajstić information content (AvgIpc) is 2.91. The van der Waals surface area contributed by atoms with Gasteiger partial charge >= 0.3 is 11.9 Å². The van der Waals surface area contributed by atoms with Crippen LogP contribution in [-0.2, 0) is 15.3 Å². The maximum Gasteiger partial charge on any atom is 0.352 e. The summed E-state index contributed by atoms with van der Waals surface area (Å²) in [5.74, 6) is -1.70. The van der Waals surface area contributed by atoms with Crippen molar-refractivity contribution in [1.82, 2.24) is 10.3 Å². The Balaban J connectivity index is 2.40. The molecule has 1 heterocycles. The molecule has 0 spiro atoms. The monoisotopic (exact) mass is 364 g/mol. The zero-order chi connectivity index (χ0) is 19.7. The molecule has 8 heteroatoms. The number of H-pyrrole nitrogens is 1. The number of phenols is 1. The van der Waals surface area contributed by atoms with Crippen molar-refractivity contribution < 1.29 is 29.6 Å². The summed E-state index contributed by atoms with van der Waals surface area (Å²) >= 11 is 0. The third-order valence-electron chi connectivity index (χ3n) is 4.00.